The molecule has 102 valence electrons. The van der Waals surface area contributed by atoms with E-state index >= 15 is 0 Å². The van der Waals surface area contributed by atoms with E-state index in [0.29, 0.717) is 0 Å². The molecule has 20 heavy (non-hydrogen) atoms. The third-order valence-corrected chi connectivity index (χ3v) is 4.10. The van der Waals surface area contributed by atoms with Crippen molar-refractivity contribution in [3.63, 3.8) is 0 Å². The predicted octanol–water partition coefficient (Wildman–Crippen LogP) is 3.74. The first kappa shape index (κ1) is 14.6. The molecule has 0 spiro atoms. The van der Waals surface area contributed by atoms with Crippen LogP contribution in [0.25, 0.3) is 0 Å². The van der Waals surface area contributed by atoms with Crippen LogP contribution in [-0.4, -0.2) is 6.54 Å². The Morgan fingerprint density at radius 1 is 1.20 bits per heavy atom. The number of rotatable bonds is 3. The summed E-state index contributed by atoms with van der Waals surface area (Å²) in [7, 11) is 0. The van der Waals surface area contributed by atoms with E-state index in [1.54, 1.807) is 17.8 Å². The average Bonchev–Trinajstić information content (AvgIpc) is 2.45. The maximum Gasteiger partial charge on any atom is 0.124 e. The SMILES string of the molecule is Cc1ccccc1SCc1ccc(F)cc1C#CCN. The second-order valence-electron chi connectivity index (χ2n) is 4.36. The van der Waals surface area contributed by atoms with Crippen molar-refractivity contribution in [1.82, 2.24) is 0 Å². The summed E-state index contributed by atoms with van der Waals surface area (Å²) in [5.41, 5.74) is 8.37. The Morgan fingerprint density at radius 2 is 2.00 bits per heavy atom. The highest BCUT2D eigenvalue weighted by Gasteiger charge is 2.04. The van der Waals surface area contributed by atoms with Crippen LogP contribution in [0.5, 0.6) is 0 Å². The molecule has 1 nitrogen and oxygen atoms in total. The maximum atomic E-state index is 13.3. The van der Waals surface area contributed by atoms with Crippen LogP contribution in [0.15, 0.2) is 47.4 Å². The quantitative estimate of drug-likeness (QED) is 0.687. The Morgan fingerprint density at radius 3 is 2.75 bits per heavy atom. The lowest BCUT2D eigenvalue weighted by atomic mass is 10.1. The normalized spacial score (nSPS) is 9.95. The Balaban J connectivity index is 2.19. The summed E-state index contributed by atoms with van der Waals surface area (Å²) >= 11 is 1.73. The molecule has 2 N–H and O–H groups in total. The number of aryl methyl sites for hydroxylation is 1. The molecule has 0 bridgehead atoms. The van der Waals surface area contributed by atoms with Gasteiger partial charge in [-0.3, -0.25) is 0 Å². The fraction of sp³-hybridized carbons (Fsp3) is 0.176. The second kappa shape index (κ2) is 7.14. The Labute approximate surface area is 123 Å². The largest absolute Gasteiger partial charge is 0.320 e. The molecule has 2 aromatic rings. The molecule has 0 radical (unpaired) electrons. The highest BCUT2D eigenvalue weighted by molar-refractivity contribution is 7.98. The van der Waals surface area contributed by atoms with Gasteiger partial charge >= 0.3 is 0 Å². The fourth-order valence-electron chi connectivity index (χ4n) is 1.81. The predicted molar refractivity (Wildman–Crippen MR) is 83.1 cm³/mol. The summed E-state index contributed by atoms with van der Waals surface area (Å²) in [5.74, 6) is 6.22. The van der Waals surface area contributed by atoms with E-state index in [1.807, 2.05) is 12.1 Å². The van der Waals surface area contributed by atoms with E-state index in [1.165, 1.54) is 22.6 Å². The molecule has 0 saturated heterocycles. The zero-order valence-corrected chi connectivity index (χ0v) is 12.1. The van der Waals surface area contributed by atoms with E-state index in [-0.39, 0.29) is 12.4 Å². The highest BCUT2D eigenvalue weighted by Crippen LogP contribution is 2.27. The molecule has 0 atom stereocenters. The van der Waals surface area contributed by atoms with Gasteiger partial charge in [0.15, 0.2) is 0 Å². The van der Waals surface area contributed by atoms with Crippen LogP contribution in [0.4, 0.5) is 4.39 Å². The monoisotopic (exact) mass is 285 g/mol. The average molecular weight is 285 g/mol. The van der Waals surface area contributed by atoms with Gasteiger partial charge in [-0.05, 0) is 36.2 Å². The van der Waals surface area contributed by atoms with E-state index in [9.17, 15) is 4.39 Å². The van der Waals surface area contributed by atoms with Crippen molar-refractivity contribution in [3.05, 3.63) is 65.0 Å². The molecule has 0 fully saturated rings. The van der Waals surface area contributed by atoms with Crippen LogP contribution in [0, 0.1) is 24.6 Å². The van der Waals surface area contributed by atoms with Crippen molar-refractivity contribution in [2.75, 3.05) is 6.54 Å². The minimum Gasteiger partial charge on any atom is -0.320 e. The van der Waals surface area contributed by atoms with Gasteiger partial charge in [-0.1, -0.05) is 36.1 Å². The molecule has 0 amide bonds. The molecular formula is C17H16FNS. The van der Waals surface area contributed by atoms with Crippen LogP contribution < -0.4 is 5.73 Å². The van der Waals surface area contributed by atoms with Gasteiger partial charge in [-0.2, -0.15) is 0 Å². The third kappa shape index (κ3) is 3.86. The minimum atomic E-state index is -0.268. The van der Waals surface area contributed by atoms with Crippen molar-refractivity contribution in [2.24, 2.45) is 5.73 Å². The molecule has 0 saturated carbocycles. The molecule has 2 rings (SSSR count). The van der Waals surface area contributed by atoms with E-state index in [4.69, 9.17) is 5.73 Å². The summed E-state index contributed by atoms with van der Waals surface area (Å²) in [6.07, 6.45) is 0. The standard InChI is InChI=1S/C17H16FNS/c1-13-5-2-3-7-17(13)20-12-15-8-9-16(18)11-14(15)6-4-10-19/h2-3,5,7-9,11H,10,12,19H2,1H3. The zero-order valence-electron chi connectivity index (χ0n) is 11.3. The number of thioether (sulfide) groups is 1. The van der Waals surface area contributed by atoms with E-state index < -0.39 is 0 Å². The van der Waals surface area contributed by atoms with Gasteiger partial charge in [-0.15, -0.1) is 11.8 Å². The lowest BCUT2D eigenvalue weighted by Crippen LogP contribution is -1.95. The summed E-state index contributed by atoms with van der Waals surface area (Å²) in [6, 6.07) is 13.0. The molecule has 0 aliphatic carbocycles. The molecule has 0 aromatic heterocycles. The van der Waals surface area contributed by atoms with Crippen molar-refractivity contribution in [2.45, 2.75) is 17.6 Å². The Kier molecular flexibility index (Phi) is 5.23. The first-order valence-electron chi connectivity index (χ1n) is 6.36. The van der Waals surface area contributed by atoms with Gasteiger partial charge < -0.3 is 5.73 Å². The second-order valence-corrected chi connectivity index (χ2v) is 5.38. The van der Waals surface area contributed by atoms with Crippen molar-refractivity contribution in [1.29, 1.82) is 0 Å². The summed E-state index contributed by atoms with van der Waals surface area (Å²) in [6.45, 7) is 2.36. The van der Waals surface area contributed by atoms with Crippen molar-refractivity contribution < 1.29 is 4.39 Å². The summed E-state index contributed by atoms with van der Waals surface area (Å²) in [5, 5.41) is 0. The van der Waals surface area contributed by atoms with Gasteiger partial charge in [0.05, 0.1) is 6.54 Å². The number of nitrogens with two attached hydrogens (primary N) is 1. The zero-order chi connectivity index (χ0) is 14.4. The first-order chi connectivity index (χ1) is 9.70. The van der Waals surface area contributed by atoms with E-state index in [2.05, 4.69) is 30.9 Å². The number of hydrogen-bond donors (Lipinski definition) is 1. The molecule has 0 aliphatic rings. The summed E-state index contributed by atoms with van der Waals surface area (Å²) in [4.78, 5) is 1.23. The van der Waals surface area contributed by atoms with Gasteiger partial charge in [0.1, 0.15) is 5.82 Å². The molecule has 3 heteroatoms. The molecule has 2 aromatic carbocycles. The Bertz CT molecular complexity index is 656. The molecule has 0 aliphatic heterocycles. The van der Waals surface area contributed by atoms with Crippen LogP contribution in [0.3, 0.4) is 0 Å². The maximum absolute atomic E-state index is 13.3. The smallest absolute Gasteiger partial charge is 0.124 e. The number of halogens is 1. The number of benzene rings is 2. The Hall–Kier alpha value is -1.76. The first-order valence-corrected chi connectivity index (χ1v) is 7.35. The number of hydrogen-bond acceptors (Lipinski definition) is 2. The van der Waals surface area contributed by atoms with Gasteiger partial charge in [0.2, 0.25) is 0 Å². The van der Waals surface area contributed by atoms with Gasteiger partial charge in [0.25, 0.3) is 0 Å². The van der Waals surface area contributed by atoms with E-state index in [0.717, 1.165) is 16.9 Å². The summed E-state index contributed by atoms with van der Waals surface area (Å²) < 4.78 is 13.3. The molecular weight excluding hydrogens is 269 g/mol. The third-order valence-electron chi connectivity index (χ3n) is 2.87. The van der Waals surface area contributed by atoms with Crippen molar-refractivity contribution in [3.8, 4) is 11.8 Å². The molecule has 0 unspecified atom stereocenters. The van der Waals surface area contributed by atoms with Crippen LogP contribution >= 0.6 is 11.8 Å². The lowest BCUT2D eigenvalue weighted by molar-refractivity contribution is 0.627. The van der Waals surface area contributed by atoms with Gasteiger partial charge in [-0.25, -0.2) is 4.39 Å². The topological polar surface area (TPSA) is 26.0 Å². The van der Waals surface area contributed by atoms with Crippen LogP contribution in [-0.2, 0) is 5.75 Å². The van der Waals surface area contributed by atoms with Crippen molar-refractivity contribution >= 4 is 11.8 Å². The minimum absolute atomic E-state index is 0.268. The van der Waals surface area contributed by atoms with Gasteiger partial charge in [0, 0.05) is 16.2 Å². The molecule has 0 heterocycles. The van der Waals surface area contributed by atoms with Crippen LogP contribution in [0.1, 0.15) is 16.7 Å². The lowest BCUT2D eigenvalue weighted by Gasteiger charge is -2.07. The fourth-order valence-corrected chi connectivity index (χ4v) is 2.84. The van der Waals surface area contributed by atoms with Crippen LogP contribution in [0.2, 0.25) is 0 Å². The highest BCUT2D eigenvalue weighted by atomic mass is 32.2.